The molecule has 0 aliphatic heterocycles. The first-order valence-electron chi connectivity index (χ1n) is 3.33. The van der Waals surface area contributed by atoms with Gasteiger partial charge in [-0.2, -0.15) is 0 Å². The molecule has 1 unspecified atom stereocenters. The van der Waals surface area contributed by atoms with Crippen LogP contribution < -0.4 is 5.73 Å². The molecule has 0 saturated carbocycles. The number of halogens is 1. The number of hydrogen-bond donors (Lipinski definition) is 2. The molecule has 0 heterocycles. The zero-order valence-corrected chi connectivity index (χ0v) is 8.89. The van der Waals surface area contributed by atoms with Crippen LogP contribution in [0.5, 0.6) is 5.75 Å². The summed E-state index contributed by atoms with van der Waals surface area (Å²) in [5.41, 5.74) is 6.12. The molecule has 6 heteroatoms. The van der Waals surface area contributed by atoms with Crippen LogP contribution in [0.3, 0.4) is 0 Å². The van der Waals surface area contributed by atoms with Crippen molar-refractivity contribution in [2.24, 2.45) is 0 Å². The van der Waals surface area contributed by atoms with E-state index in [2.05, 4.69) is 15.9 Å². The third-order valence-electron chi connectivity index (χ3n) is 1.44. The Morgan fingerprint density at radius 2 is 2.23 bits per heavy atom. The van der Waals surface area contributed by atoms with Gasteiger partial charge in [0.2, 0.25) is 0 Å². The number of phenols is 1. The van der Waals surface area contributed by atoms with E-state index in [1.54, 1.807) is 0 Å². The van der Waals surface area contributed by atoms with Crippen molar-refractivity contribution in [3.8, 4) is 5.75 Å². The standard InChI is InChI=1S/C7H8BrNO3S/c8-5-1-4(3-13(11)12)2-6(9)7(5)10/h1-2,10H,3,9H2,(H,11,12)/p-1. The van der Waals surface area contributed by atoms with Gasteiger partial charge in [-0.1, -0.05) is 11.1 Å². The molecule has 0 spiro atoms. The van der Waals surface area contributed by atoms with Gasteiger partial charge in [-0.15, -0.1) is 0 Å². The van der Waals surface area contributed by atoms with Crippen LogP contribution in [0.1, 0.15) is 5.56 Å². The molecule has 1 aromatic rings. The van der Waals surface area contributed by atoms with Gasteiger partial charge in [0.25, 0.3) is 0 Å². The van der Waals surface area contributed by atoms with E-state index < -0.39 is 11.1 Å². The van der Waals surface area contributed by atoms with E-state index in [0.717, 1.165) is 0 Å². The number of nitrogen functional groups attached to an aromatic ring is 1. The smallest absolute Gasteiger partial charge is 0.152 e. The van der Waals surface area contributed by atoms with Crippen LogP contribution in [0.25, 0.3) is 0 Å². The molecule has 1 atom stereocenters. The summed E-state index contributed by atoms with van der Waals surface area (Å²) in [6.07, 6.45) is 0. The second-order valence-corrected chi connectivity index (χ2v) is 4.21. The largest absolute Gasteiger partial charge is 0.772 e. The quantitative estimate of drug-likeness (QED) is 0.476. The van der Waals surface area contributed by atoms with Crippen molar-refractivity contribution in [2.75, 3.05) is 5.73 Å². The molecule has 0 radical (unpaired) electrons. The zero-order chi connectivity index (χ0) is 10.0. The second kappa shape index (κ2) is 4.08. The molecule has 3 N–H and O–H groups in total. The Bertz CT molecular complexity index is 333. The van der Waals surface area contributed by atoms with Crippen molar-refractivity contribution in [1.29, 1.82) is 0 Å². The first-order chi connectivity index (χ1) is 6.00. The molecule has 0 aliphatic carbocycles. The Morgan fingerprint density at radius 3 is 2.69 bits per heavy atom. The van der Waals surface area contributed by atoms with Crippen LogP contribution in [0, 0.1) is 0 Å². The van der Waals surface area contributed by atoms with Crippen molar-refractivity contribution in [2.45, 2.75) is 5.75 Å². The summed E-state index contributed by atoms with van der Waals surface area (Å²) in [4.78, 5) is 0. The van der Waals surface area contributed by atoms with Gasteiger partial charge in [-0.3, -0.25) is 4.21 Å². The fourth-order valence-electron chi connectivity index (χ4n) is 0.898. The van der Waals surface area contributed by atoms with Crippen LogP contribution in [0.15, 0.2) is 16.6 Å². The van der Waals surface area contributed by atoms with Gasteiger partial charge in [0.1, 0.15) is 0 Å². The van der Waals surface area contributed by atoms with E-state index in [-0.39, 0.29) is 17.2 Å². The molecule has 0 amide bonds. The Hall–Kier alpha value is -0.590. The predicted octanol–water partition coefficient (Wildman–Crippen LogP) is 1.12. The number of rotatable bonds is 2. The Labute approximate surface area is 86.2 Å². The van der Waals surface area contributed by atoms with E-state index in [4.69, 9.17) is 5.73 Å². The highest BCUT2D eigenvalue weighted by atomic mass is 79.9. The highest BCUT2D eigenvalue weighted by Gasteiger charge is 2.04. The van der Waals surface area contributed by atoms with Crippen molar-refractivity contribution in [1.82, 2.24) is 0 Å². The van der Waals surface area contributed by atoms with Crippen molar-refractivity contribution < 1.29 is 13.9 Å². The highest BCUT2D eigenvalue weighted by Crippen LogP contribution is 2.31. The van der Waals surface area contributed by atoms with Crippen LogP contribution >= 0.6 is 15.9 Å². The molecule has 0 bridgehead atoms. The summed E-state index contributed by atoms with van der Waals surface area (Å²) in [6.45, 7) is 0. The molecular weight excluding hydrogens is 258 g/mol. The molecule has 0 fully saturated rings. The third kappa shape index (κ3) is 2.68. The SMILES string of the molecule is Nc1cc(CS(=O)[O-])cc(Br)c1O. The summed E-state index contributed by atoms with van der Waals surface area (Å²) in [7, 11) is 0. The lowest BCUT2D eigenvalue weighted by atomic mass is 10.2. The van der Waals surface area contributed by atoms with Gasteiger partial charge in [0.05, 0.1) is 10.2 Å². The summed E-state index contributed by atoms with van der Waals surface area (Å²) in [5.74, 6) is -0.177. The number of aromatic hydroxyl groups is 1. The fraction of sp³-hybridized carbons (Fsp3) is 0.143. The van der Waals surface area contributed by atoms with E-state index >= 15 is 0 Å². The summed E-state index contributed by atoms with van der Waals surface area (Å²) < 4.78 is 21.1. The monoisotopic (exact) mass is 264 g/mol. The topological polar surface area (TPSA) is 86.4 Å². The van der Waals surface area contributed by atoms with E-state index in [9.17, 15) is 13.9 Å². The number of benzene rings is 1. The van der Waals surface area contributed by atoms with Gasteiger partial charge in [-0.25, -0.2) is 0 Å². The van der Waals surface area contributed by atoms with Crippen LogP contribution in [0.4, 0.5) is 5.69 Å². The highest BCUT2D eigenvalue weighted by molar-refractivity contribution is 9.10. The van der Waals surface area contributed by atoms with Crippen LogP contribution in [0.2, 0.25) is 0 Å². The minimum atomic E-state index is -2.15. The normalized spacial score (nSPS) is 12.8. The Balaban J connectivity index is 3.06. The van der Waals surface area contributed by atoms with Crippen LogP contribution in [-0.4, -0.2) is 13.9 Å². The molecule has 0 saturated heterocycles. The maximum absolute atomic E-state index is 10.4. The molecule has 1 aromatic carbocycles. The second-order valence-electron chi connectivity index (χ2n) is 2.46. The third-order valence-corrected chi connectivity index (χ3v) is 2.61. The average molecular weight is 265 g/mol. The molecule has 0 aliphatic rings. The van der Waals surface area contributed by atoms with Gasteiger partial charge in [0.15, 0.2) is 5.75 Å². The lowest BCUT2D eigenvalue weighted by Gasteiger charge is -2.08. The zero-order valence-electron chi connectivity index (χ0n) is 6.49. The number of nitrogens with two attached hydrogens (primary N) is 1. The van der Waals surface area contributed by atoms with Crippen molar-refractivity contribution in [3.63, 3.8) is 0 Å². The number of hydrogen-bond acceptors (Lipinski definition) is 4. The van der Waals surface area contributed by atoms with Gasteiger partial charge >= 0.3 is 0 Å². The minimum Gasteiger partial charge on any atom is -0.772 e. The van der Waals surface area contributed by atoms with Gasteiger partial charge in [0, 0.05) is 5.75 Å². The number of anilines is 1. The predicted molar refractivity (Wildman–Crippen MR) is 52.8 cm³/mol. The molecular formula is C7H7BrNO3S-. The first-order valence-corrected chi connectivity index (χ1v) is 5.37. The summed E-state index contributed by atoms with van der Waals surface area (Å²) in [6, 6.07) is 2.94. The Morgan fingerprint density at radius 1 is 1.62 bits per heavy atom. The van der Waals surface area contributed by atoms with E-state index in [1.807, 2.05) is 0 Å². The molecule has 1 rings (SSSR count). The summed E-state index contributed by atoms with van der Waals surface area (Å²) >= 11 is 0.908. The minimum absolute atomic E-state index is 0.0690. The van der Waals surface area contributed by atoms with Crippen LogP contribution in [-0.2, 0) is 16.8 Å². The van der Waals surface area contributed by atoms with E-state index in [0.29, 0.717) is 10.0 Å². The molecule has 4 nitrogen and oxygen atoms in total. The van der Waals surface area contributed by atoms with Crippen molar-refractivity contribution in [3.05, 3.63) is 22.2 Å². The van der Waals surface area contributed by atoms with Gasteiger partial charge < -0.3 is 15.4 Å². The first kappa shape index (κ1) is 10.5. The average Bonchev–Trinajstić information content (AvgIpc) is 1.98. The molecule has 0 aromatic heterocycles. The molecule has 72 valence electrons. The van der Waals surface area contributed by atoms with E-state index in [1.165, 1.54) is 12.1 Å². The van der Waals surface area contributed by atoms with Gasteiger partial charge in [-0.05, 0) is 33.6 Å². The maximum Gasteiger partial charge on any atom is 0.152 e. The lowest BCUT2D eigenvalue weighted by molar-refractivity contribution is 0.474. The van der Waals surface area contributed by atoms with Crippen molar-refractivity contribution >= 4 is 32.7 Å². The fourth-order valence-corrected chi connectivity index (χ4v) is 1.86. The lowest BCUT2D eigenvalue weighted by Crippen LogP contribution is -1.95. The molecule has 13 heavy (non-hydrogen) atoms. The Kier molecular flexibility index (Phi) is 3.29. The maximum atomic E-state index is 10.4. The number of phenolic OH excluding ortho intramolecular Hbond substituents is 1. The summed E-state index contributed by atoms with van der Waals surface area (Å²) in [5, 5.41) is 9.24.